The van der Waals surface area contributed by atoms with Crippen LogP contribution < -0.4 is 20.1 Å². The number of rotatable bonds is 6. The predicted octanol–water partition coefficient (Wildman–Crippen LogP) is 1.27. The highest BCUT2D eigenvalue weighted by molar-refractivity contribution is 6.35. The van der Waals surface area contributed by atoms with Crippen molar-refractivity contribution < 1.29 is 33.0 Å². The maximum absolute atomic E-state index is 12.2. The van der Waals surface area contributed by atoms with Crippen molar-refractivity contribution >= 4 is 11.8 Å². The third-order valence-corrected chi connectivity index (χ3v) is 4.53. The van der Waals surface area contributed by atoms with Gasteiger partial charge < -0.3 is 34.0 Å². The normalized spacial score (nSPS) is 14.2. The van der Waals surface area contributed by atoms with Crippen LogP contribution in [-0.4, -0.2) is 30.3 Å². The summed E-state index contributed by atoms with van der Waals surface area (Å²) in [5.41, 5.74) is -0.543. The number of carbonyl (C=O) groups is 2. The Morgan fingerprint density at radius 3 is 2.62 bits per heavy atom. The molecule has 3 heterocycles. The summed E-state index contributed by atoms with van der Waals surface area (Å²) in [4.78, 5) is 24.3. The maximum Gasteiger partial charge on any atom is 0.309 e. The minimum absolute atomic E-state index is 0.132. The van der Waals surface area contributed by atoms with E-state index in [4.69, 9.17) is 18.3 Å². The van der Waals surface area contributed by atoms with Crippen molar-refractivity contribution in [3.63, 3.8) is 0 Å². The van der Waals surface area contributed by atoms with E-state index in [9.17, 15) is 14.7 Å². The van der Waals surface area contributed by atoms with Crippen molar-refractivity contribution in [2.75, 3.05) is 13.3 Å². The summed E-state index contributed by atoms with van der Waals surface area (Å²) < 4.78 is 20.8. The van der Waals surface area contributed by atoms with Gasteiger partial charge in [-0.2, -0.15) is 0 Å². The maximum atomic E-state index is 12.2. The fraction of sp³-hybridized carbons (Fsp3) is 0.200. The molecule has 1 aliphatic heterocycles. The second-order valence-corrected chi connectivity index (χ2v) is 6.40. The van der Waals surface area contributed by atoms with E-state index in [-0.39, 0.29) is 25.6 Å². The first-order valence-electron chi connectivity index (χ1n) is 8.80. The van der Waals surface area contributed by atoms with Crippen molar-refractivity contribution in [2.45, 2.75) is 12.1 Å². The van der Waals surface area contributed by atoms with Crippen LogP contribution >= 0.6 is 0 Å². The van der Waals surface area contributed by atoms with Gasteiger partial charge in [0.2, 0.25) is 6.79 Å². The highest BCUT2D eigenvalue weighted by Crippen LogP contribution is 2.32. The number of nitrogens with one attached hydrogen (secondary N) is 2. The zero-order valence-electron chi connectivity index (χ0n) is 15.2. The van der Waals surface area contributed by atoms with E-state index in [1.165, 1.54) is 18.8 Å². The standard InChI is InChI=1S/C20H18N2O7/c23-18(21-9-13-3-4-15-16(8-13)29-12-28-15)19(24)22-11-20(25,14-5-7-26-10-14)17-2-1-6-27-17/h1-8,10,25H,9,11-12H2,(H,21,23)(H,22,24)/t20-/m1/s1. The molecule has 0 saturated heterocycles. The second-order valence-electron chi connectivity index (χ2n) is 6.40. The number of aliphatic hydroxyl groups is 1. The molecule has 0 spiro atoms. The van der Waals surface area contributed by atoms with E-state index >= 15 is 0 Å². The van der Waals surface area contributed by atoms with Gasteiger partial charge in [-0.15, -0.1) is 0 Å². The van der Waals surface area contributed by atoms with Gasteiger partial charge in [-0.1, -0.05) is 6.07 Å². The van der Waals surface area contributed by atoms with Crippen molar-refractivity contribution in [3.05, 3.63) is 72.1 Å². The Morgan fingerprint density at radius 1 is 1.03 bits per heavy atom. The van der Waals surface area contributed by atoms with Crippen LogP contribution in [0.1, 0.15) is 16.9 Å². The Bertz CT molecular complexity index is 962. The van der Waals surface area contributed by atoms with Crippen LogP contribution in [-0.2, 0) is 21.7 Å². The van der Waals surface area contributed by atoms with Crippen LogP contribution in [0.25, 0.3) is 0 Å². The first kappa shape index (κ1) is 18.6. The zero-order valence-corrected chi connectivity index (χ0v) is 15.2. The molecular weight excluding hydrogens is 380 g/mol. The molecule has 0 saturated carbocycles. The van der Waals surface area contributed by atoms with E-state index in [1.54, 1.807) is 36.4 Å². The molecule has 3 N–H and O–H groups in total. The first-order chi connectivity index (χ1) is 14.1. The van der Waals surface area contributed by atoms with Gasteiger partial charge in [0.1, 0.15) is 5.76 Å². The van der Waals surface area contributed by atoms with Gasteiger partial charge in [0.05, 0.1) is 25.3 Å². The summed E-state index contributed by atoms with van der Waals surface area (Å²) in [7, 11) is 0. The molecule has 2 amide bonds. The lowest BCUT2D eigenvalue weighted by Gasteiger charge is -2.25. The summed E-state index contributed by atoms with van der Waals surface area (Å²) >= 11 is 0. The van der Waals surface area contributed by atoms with E-state index in [0.717, 1.165) is 5.56 Å². The Morgan fingerprint density at radius 2 is 1.86 bits per heavy atom. The van der Waals surface area contributed by atoms with E-state index < -0.39 is 17.4 Å². The van der Waals surface area contributed by atoms with Gasteiger partial charge in [0.15, 0.2) is 17.1 Å². The van der Waals surface area contributed by atoms with Crippen LogP contribution in [0.4, 0.5) is 0 Å². The molecule has 150 valence electrons. The Kier molecular flexibility index (Phi) is 4.96. The molecule has 0 aliphatic carbocycles. The molecule has 29 heavy (non-hydrogen) atoms. The highest BCUT2D eigenvalue weighted by atomic mass is 16.7. The third-order valence-electron chi connectivity index (χ3n) is 4.53. The molecule has 9 heteroatoms. The van der Waals surface area contributed by atoms with Crippen molar-refractivity contribution in [2.24, 2.45) is 0 Å². The minimum atomic E-state index is -1.68. The Hall–Kier alpha value is -3.72. The number of carbonyl (C=O) groups excluding carboxylic acids is 2. The molecule has 0 bridgehead atoms. The number of fused-ring (bicyclic) bond motifs is 1. The largest absolute Gasteiger partial charge is 0.472 e. The predicted molar refractivity (Wildman–Crippen MR) is 97.8 cm³/mol. The number of hydrogen-bond acceptors (Lipinski definition) is 7. The number of furan rings is 2. The van der Waals surface area contributed by atoms with Crippen LogP contribution in [0.3, 0.4) is 0 Å². The fourth-order valence-corrected chi connectivity index (χ4v) is 2.95. The summed E-state index contributed by atoms with van der Waals surface area (Å²) in [6.07, 6.45) is 4.14. The van der Waals surface area contributed by atoms with Crippen LogP contribution in [0, 0.1) is 0 Å². The average molecular weight is 398 g/mol. The van der Waals surface area contributed by atoms with E-state index in [2.05, 4.69) is 10.6 Å². The molecule has 0 radical (unpaired) electrons. The van der Waals surface area contributed by atoms with Crippen molar-refractivity contribution in [1.82, 2.24) is 10.6 Å². The van der Waals surface area contributed by atoms with Gasteiger partial charge in [0.25, 0.3) is 0 Å². The lowest BCUT2D eigenvalue weighted by atomic mass is 9.93. The van der Waals surface area contributed by atoms with Crippen LogP contribution in [0.15, 0.2) is 64.0 Å². The van der Waals surface area contributed by atoms with Crippen molar-refractivity contribution in [3.8, 4) is 11.5 Å². The average Bonchev–Trinajstić information content (AvgIpc) is 3.51. The van der Waals surface area contributed by atoms with Gasteiger partial charge in [-0.3, -0.25) is 9.59 Å². The summed E-state index contributed by atoms with van der Waals surface area (Å²) in [5.74, 6) is -0.296. The second kappa shape index (κ2) is 7.72. The fourth-order valence-electron chi connectivity index (χ4n) is 2.95. The molecule has 1 aliphatic rings. The third kappa shape index (κ3) is 3.81. The smallest absolute Gasteiger partial charge is 0.309 e. The van der Waals surface area contributed by atoms with Crippen molar-refractivity contribution in [1.29, 1.82) is 0 Å². The monoisotopic (exact) mass is 398 g/mol. The quantitative estimate of drug-likeness (QED) is 0.534. The molecule has 9 nitrogen and oxygen atoms in total. The number of benzene rings is 1. The van der Waals surface area contributed by atoms with Crippen LogP contribution in [0.5, 0.6) is 11.5 Å². The topological polar surface area (TPSA) is 123 Å². The summed E-state index contributed by atoms with van der Waals surface area (Å²) in [5, 5.41) is 16.0. The summed E-state index contributed by atoms with van der Waals surface area (Å²) in [6.45, 7) is 0.00614. The highest BCUT2D eigenvalue weighted by Gasteiger charge is 2.36. The molecule has 3 aromatic rings. The van der Waals surface area contributed by atoms with Gasteiger partial charge in [0, 0.05) is 12.1 Å². The van der Waals surface area contributed by atoms with E-state index in [1.807, 2.05) is 0 Å². The minimum Gasteiger partial charge on any atom is -0.472 e. The van der Waals surface area contributed by atoms with Crippen LogP contribution in [0.2, 0.25) is 0 Å². The number of ether oxygens (including phenoxy) is 2. The SMILES string of the molecule is O=C(NCc1ccc2c(c1)OCO2)C(=O)NC[C@@](O)(c1ccoc1)c1ccco1. The number of hydrogen-bond donors (Lipinski definition) is 3. The summed E-state index contributed by atoms with van der Waals surface area (Å²) in [6, 6.07) is 9.96. The molecule has 1 atom stereocenters. The van der Waals surface area contributed by atoms with Gasteiger partial charge in [-0.05, 0) is 35.9 Å². The zero-order chi connectivity index (χ0) is 20.3. The Balaban J connectivity index is 1.36. The molecule has 0 fully saturated rings. The number of amides is 2. The van der Waals surface area contributed by atoms with E-state index in [0.29, 0.717) is 17.1 Å². The Labute approximate surface area is 165 Å². The van der Waals surface area contributed by atoms with Gasteiger partial charge >= 0.3 is 11.8 Å². The lowest BCUT2D eigenvalue weighted by molar-refractivity contribution is -0.139. The molecule has 1 aromatic carbocycles. The lowest BCUT2D eigenvalue weighted by Crippen LogP contribution is -2.46. The van der Waals surface area contributed by atoms with Gasteiger partial charge in [-0.25, -0.2) is 0 Å². The molecule has 4 rings (SSSR count). The first-order valence-corrected chi connectivity index (χ1v) is 8.80. The molecule has 0 unspecified atom stereocenters. The molecular formula is C20H18N2O7. The molecule has 2 aromatic heterocycles.